The first-order valence-electron chi connectivity index (χ1n) is 4.16. The van der Waals surface area contributed by atoms with Gasteiger partial charge in [0.05, 0.1) is 4.34 Å². The van der Waals surface area contributed by atoms with Gasteiger partial charge in [0.25, 0.3) is 0 Å². The van der Waals surface area contributed by atoms with Gasteiger partial charge in [-0.05, 0) is 24.6 Å². The van der Waals surface area contributed by atoms with Crippen molar-refractivity contribution in [2.45, 2.75) is 19.8 Å². The zero-order valence-corrected chi connectivity index (χ0v) is 8.99. The molecule has 0 bridgehead atoms. The lowest BCUT2D eigenvalue weighted by Gasteiger charge is -1.89. The summed E-state index contributed by atoms with van der Waals surface area (Å²) in [7, 11) is 0. The quantitative estimate of drug-likeness (QED) is 0.702. The van der Waals surface area contributed by atoms with E-state index in [1.807, 2.05) is 25.1 Å². The van der Waals surface area contributed by atoms with Gasteiger partial charge in [0.1, 0.15) is 0 Å². The molecule has 0 spiro atoms. The van der Waals surface area contributed by atoms with E-state index < -0.39 is 0 Å². The maximum atomic E-state index is 11.3. The number of ketones is 1. The van der Waals surface area contributed by atoms with Crippen LogP contribution in [0.4, 0.5) is 0 Å². The van der Waals surface area contributed by atoms with Crippen molar-refractivity contribution in [2.24, 2.45) is 0 Å². The first kappa shape index (κ1) is 10.5. The second-order valence-electron chi connectivity index (χ2n) is 2.66. The van der Waals surface area contributed by atoms with Gasteiger partial charge in [-0.1, -0.05) is 24.6 Å². The lowest BCUT2D eigenvalue weighted by Crippen LogP contribution is -1.95. The predicted molar refractivity (Wildman–Crippen MR) is 57.5 cm³/mol. The Morgan fingerprint density at radius 1 is 1.62 bits per heavy atom. The molecule has 0 saturated heterocycles. The Morgan fingerprint density at radius 2 is 2.38 bits per heavy atom. The van der Waals surface area contributed by atoms with Crippen molar-refractivity contribution in [3.05, 3.63) is 33.5 Å². The summed E-state index contributed by atoms with van der Waals surface area (Å²) in [6.45, 7) is 2.01. The third-order valence-electron chi connectivity index (χ3n) is 1.52. The number of halogens is 1. The molecule has 70 valence electrons. The minimum atomic E-state index is 0.139. The molecule has 0 aliphatic heterocycles. The van der Waals surface area contributed by atoms with E-state index in [0.717, 1.165) is 15.6 Å². The summed E-state index contributed by atoms with van der Waals surface area (Å²) in [4.78, 5) is 12.3. The highest BCUT2D eigenvalue weighted by atomic mass is 35.5. The van der Waals surface area contributed by atoms with Gasteiger partial charge in [0.2, 0.25) is 0 Å². The molecule has 0 N–H and O–H groups in total. The van der Waals surface area contributed by atoms with Gasteiger partial charge >= 0.3 is 0 Å². The average molecular weight is 215 g/mol. The maximum Gasteiger partial charge on any atom is 0.160 e. The van der Waals surface area contributed by atoms with E-state index in [9.17, 15) is 4.79 Å². The summed E-state index contributed by atoms with van der Waals surface area (Å²) < 4.78 is 0.738. The Kier molecular flexibility index (Phi) is 4.19. The van der Waals surface area contributed by atoms with Crippen LogP contribution in [-0.4, -0.2) is 5.78 Å². The Labute approximate surface area is 87.0 Å². The highest BCUT2D eigenvalue weighted by Gasteiger charge is 2.02. The van der Waals surface area contributed by atoms with E-state index in [-0.39, 0.29) is 5.78 Å². The van der Waals surface area contributed by atoms with Crippen LogP contribution in [-0.2, 0) is 11.2 Å². The molecular formula is C10H11ClOS. The molecule has 1 aromatic rings. The number of carbonyl (C=O) groups excluding carboxylic acids is 1. The van der Waals surface area contributed by atoms with Gasteiger partial charge in [-0.3, -0.25) is 4.79 Å². The van der Waals surface area contributed by atoms with Crippen molar-refractivity contribution in [3.8, 4) is 0 Å². The van der Waals surface area contributed by atoms with Gasteiger partial charge in [0, 0.05) is 11.3 Å². The van der Waals surface area contributed by atoms with Gasteiger partial charge in [0.15, 0.2) is 5.78 Å². The average Bonchev–Trinajstić information content (AvgIpc) is 2.48. The van der Waals surface area contributed by atoms with Crippen molar-refractivity contribution >= 4 is 28.7 Å². The summed E-state index contributed by atoms with van der Waals surface area (Å²) in [5, 5.41) is 0. The number of rotatable bonds is 4. The standard InChI is InChI=1S/C10H11ClOS/c1-2-3-4-8(12)7-9-5-6-10(11)13-9/h3-6H,2,7H2,1H3/b4-3+. The normalized spacial score (nSPS) is 10.9. The fourth-order valence-corrected chi connectivity index (χ4v) is 2.02. The molecular weight excluding hydrogens is 204 g/mol. The highest BCUT2D eigenvalue weighted by Crippen LogP contribution is 2.21. The van der Waals surface area contributed by atoms with Crippen molar-refractivity contribution in [1.82, 2.24) is 0 Å². The van der Waals surface area contributed by atoms with Crippen LogP contribution in [0.3, 0.4) is 0 Å². The van der Waals surface area contributed by atoms with Gasteiger partial charge < -0.3 is 0 Å². The molecule has 1 nitrogen and oxygen atoms in total. The number of hydrogen-bond donors (Lipinski definition) is 0. The molecule has 0 aliphatic carbocycles. The first-order valence-corrected chi connectivity index (χ1v) is 5.35. The van der Waals surface area contributed by atoms with Crippen molar-refractivity contribution < 1.29 is 4.79 Å². The molecule has 0 atom stereocenters. The van der Waals surface area contributed by atoms with E-state index in [2.05, 4.69) is 0 Å². The SMILES string of the molecule is CC/C=C/C(=O)Cc1ccc(Cl)s1. The third kappa shape index (κ3) is 3.75. The Hall–Kier alpha value is -0.600. The van der Waals surface area contributed by atoms with Crippen LogP contribution in [0.15, 0.2) is 24.3 Å². The van der Waals surface area contributed by atoms with Crippen molar-refractivity contribution in [2.75, 3.05) is 0 Å². The van der Waals surface area contributed by atoms with Gasteiger partial charge in [-0.25, -0.2) is 0 Å². The fraction of sp³-hybridized carbons (Fsp3) is 0.300. The maximum absolute atomic E-state index is 11.3. The summed E-state index contributed by atoms with van der Waals surface area (Å²) >= 11 is 7.20. The van der Waals surface area contributed by atoms with E-state index in [0.29, 0.717) is 6.42 Å². The monoisotopic (exact) mass is 214 g/mol. The molecule has 3 heteroatoms. The minimum Gasteiger partial charge on any atom is -0.294 e. The smallest absolute Gasteiger partial charge is 0.160 e. The van der Waals surface area contributed by atoms with E-state index in [4.69, 9.17) is 11.6 Å². The van der Waals surface area contributed by atoms with Gasteiger partial charge in [-0.15, -0.1) is 11.3 Å². The number of hydrogen-bond acceptors (Lipinski definition) is 2. The third-order valence-corrected chi connectivity index (χ3v) is 2.75. The molecule has 0 fully saturated rings. The van der Waals surface area contributed by atoms with E-state index in [1.165, 1.54) is 11.3 Å². The topological polar surface area (TPSA) is 17.1 Å². The predicted octanol–water partition coefficient (Wildman–Crippen LogP) is 3.48. The van der Waals surface area contributed by atoms with Crippen molar-refractivity contribution in [3.63, 3.8) is 0 Å². The molecule has 0 amide bonds. The molecule has 1 heterocycles. The molecule has 1 rings (SSSR count). The molecule has 0 aromatic carbocycles. The zero-order valence-electron chi connectivity index (χ0n) is 7.42. The van der Waals surface area contributed by atoms with Crippen LogP contribution in [0.5, 0.6) is 0 Å². The molecule has 0 radical (unpaired) electrons. The Bertz CT molecular complexity index is 314. The van der Waals surface area contributed by atoms with Crippen molar-refractivity contribution in [1.29, 1.82) is 0 Å². The first-order chi connectivity index (χ1) is 6.22. The van der Waals surface area contributed by atoms with Crippen LogP contribution in [0.2, 0.25) is 4.34 Å². The molecule has 13 heavy (non-hydrogen) atoms. The second kappa shape index (κ2) is 5.20. The van der Waals surface area contributed by atoms with Crippen LogP contribution in [0, 0.1) is 0 Å². The zero-order chi connectivity index (χ0) is 9.68. The summed E-state index contributed by atoms with van der Waals surface area (Å²) in [5.41, 5.74) is 0. The number of carbonyl (C=O) groups is 1. The van der Waals surface area contributed by atoms with Crippen LogP contribution < -0.4 is 0 Å². The largest absolute Gasteiger partial charge is 0.294 e. The molecule has 0 saturated carbocycles. The lowest BCUT2D eigenvalue weighted by atomic mass is 10.2. The van der Waals surface area contributed by atoms with Crippen LogP contribution >= 0.6 is 22.9 Å². The van der Waals surface area contributed by atoms with Crippen LogP contribution in [0.25, 0.3) is 0 Å². The summed E-state index contributed by atoms with van der Waals surface area (Å²) in [5.74, 6) is 0.139. The molecule has 0 unspecified atom stereocenters. The Morgan fingerprint density at radius 3 is 2.92 bits per heavy atom. The summed E-state index contributed by atoms with van der Waals surface area (Å²) in [6.07, 6.45) is 4.87. The summed E-state index contributed by atoms with van der Waals surface area (Å²) in [6, 6.07) is 3.71. The van der Waals surface area contributed by atoms with E-state index >= 15 is 0 Å². The highest BCUT2D eigenvalue weighted by molar-refractivity contribution is 7.16. The van der Waals surface area contributed by atoms with Gasteiger partial charge in [-0.2, -0.15) is 0 Å². The van der Waals surface area contributed by atoms with E-state index in [1.54, 1.807) is 6.08 Å². The molecule has 1 aromatic heterocycles. The fourth-order valence-electron chi connectivity index (χ4n) is 0.927. The Balaban J connectivity index is 2.50. The second-order valence-corrected chi connectivity index (χ2v) is 4.46. The van der Waals surface area contributed by atoms with Crippen LogP contribution in [0.1, 0.15) is 18.2 Å². The minimum absolute atomic E-state index is 0.139. The molecule has 0 aliphatic rings. The number of allylic oxidation sites excluding steroid dienone is 2. The lowest BCUT2D eigenvalue weighted by molar-refractivity contribution is -0.114. The number of thiophene rings is 1.